The van der Waals surface area contributed by atoms with Crippen LogP contribution < -0.4 is 11.1 Å². The highest BCUT2D eigenvalue weighted by atomic mass is 19.1. The summed E-state index contributed by atoms with van der Waals surface area (Å²) in [6.45, 7) is 0. The molecule has 0 heterocycles. The molecule has 2 aromatic carbocycles. The average molecular weight is 264 g/mol. The van der Waals surface area contributed by atoms with Crippen molar-refractivity contribution >= 4 is 23.0 Å². The third kappa shape index (κ3) is 2.79. The molecule has 0 atom stereocenters. The number of rotatable bonds is 3. The molecule has 0 saturated heterocycles. The first-order chi connectivity index (χ1) is 8.97. The minimum atomic E-state index is -1.12. The second-order valence-corrected chi connectivity index (χ2v) is 3.86. The van der Waals surface area contributed by atoms with Crippen LogP contribution in [0.1, 0.15) is 10.4 Å². The fraction of sp³-hybridized carbons (Fsp3) is 0. The molecular weight excluding hydrogens is 254 g/mol. The number of benzene rings is 2. The van der Waals surface area contributed by atoms with Gasteiger partial charge in [-0.2, -0.15) is 0 Å². The molecule has 0 unspecified atom stereocenters. The lowest BCUT2D eigenvalue weighted by Crippen LogP contribution is -2.02. The highest BCUT2D eigenvalue weighted by Gasteiger charge is 2.09. The van der Waals surface area contributed by atoms with Crippen molar-refractivity contribution in [2.75, 3.05) is 11.1 Å². The van der Waals surface area contributed by atoms with Crippen LogP contribution in [0.2, 0.25) is 0 Å². The number of carboxylic acids is 1. The molecule has 19 heavy (non-hydrogen) atoms. The van der Waals surface area contributed by atoms with Crippen molar-refractivity contribution in [1.82, 2.24) is 0 Å². The van der Waals surface area contributed by atoms with Gasteiger partial charge in [0.1, 0.15) is 11.6 Å². The largest absolute Gasteiger partial charge is 0.478 e. The quantitative estimate of drug-likeness (QED) is 0.745. The van der Waals surface area contributed by atoms with Crippen LogP contribution in [-0.4, -0.2) is 11.1 Å². The lowest BCUT2D eigenvalue weighted by molar-refractivity contribution is 0.0697. The lowest BCUT2D eigenvalue weighted by atomic mass is 10.1. The molecule has 0 aliphatic rings. The number of hydrogen-bond donors (Lipinski definition) is 3. The second kappa shape index (κ2) is 4.93. The zero-order valence-electron chi connectivity index (χ0n) is 9.65. The van der Waals surface area contributed by atoms with Gasteiger partial charge in [0.05, 0.1) is 22.6 Å². The van der Waals surface area contributed by atoms with E-state index in [1.165, 1.54) is 24.3 Å². The maximum absolute atomic E-state index is 13.5. The van der Waals surface area contributed by atoms with Gasteiger partial charge in [-0.3, -0.25) is 0 Å². The van der Waals surface area contributed by atoms with Crippen molar-refractivity contribution in [3.05, 3.63) is 53.6 Å². The van der Waals surface area contributed by atoms with E-state index in [1.54, 1.807) is 0 Å². The molecule has 4 N–H and O–H groups in total. The molecule has 2 aromatic rings. The number of nitrogen functional groups attached to an aromatic ring is 1. The molecule has 98 valence electrons. The minimum absolute atomic E-state index is 0.00985. The summed E-state index contributed by atoms with van der Waals surface area (Å²) in [5.74, 6) is -2.61. The van der Waals surface area contributed by atoms with E-state index in [0.29, 0.717) is 0 Å². The van der Waals surface area contributed by atoms with Crippen molar-refractivity contribution < 1.29 is 18.7 Å². The monoisotopic (exact) mass is 264 g/mol. The number of hydrogen-bond acceptors (Lipinski definition) is 3. The Morgan fingerprint density at radius 2 is 1.84 bits per heavy atom. The van der Waals surface area contributed by atoms with Gasteiger partial charge in [0, 0.05) is 6.07 Å². The number of carboxylic acid groups (broad SMARTS) is 1. The van der Waals surface area contributed by atoms with Crippen LogP contribution >= 0.6 is 0 Å². The number of anilines is 3. The molecule has 0 spiro atoms. The molecule has 0 fully saturated rings. The molecule has 0 bridgehead atoms. The van der Waals surface area contributed by atoms with E-state index in [4.69, 9.17) is 10.8 Å². The van der Waals surface area contributed by atoms with Crippen LogP contribution in [0.4, 0.5) is 25.8 Å². The smallest absolute Gasteiger partial charge is 0.335 e. The summed E-state index contributed by atoms with van der Waals surface area (Å²) < 4.78 is 26.2. The fourth-order valence-electron chi connectivity index (χ4n) is 1.53. The number of aromatic carboxylic acids is 1. The Morgan fingerprint density at radius 1 is 1.11 bits per heavy atom. The van der Waals surface area contributed by atoms with E-state index in [0.717, 1.165) is 12.1 Å². The molecule has 2 rings (SSSR count). The molecular formula is C13H10F2N2O2. The van der Waals surface area contributed by atoms with E-state index >= 15 is 0 Å². The molecule has 0 radical (unpaired) electrons. The third-order valence-electron chi connectivity index (χ3n) is 2.50. The predicted molar refractivity (Wildman–Crippen MR) is 67.5 cm³/mol. The van der Waals surface area contributed by atoms with Gasteiger partial charge in [-0.05, 0) is 30.3 Å². The van der Waals surface area contributed by atoms with Gasteiger partial charge in [0.15, 0.2) is 0 Å². The van der Waals surface area contributed by atoms with Gasteiger partial charge < -0.3 is 16.2 Å². The van der Waals surface area contributed by atoms with E-state index in [-0.39, 0.29) is 22.6 Å². The first-order valence-corrected chi connectivity index (χ1v) is 5.32. The van der Waals surface area contributed by atoms with Crippen LogP contribution in [0, 0.1) is 11.6 Å². The number of nitrogens with two attached hydrogens (primary N) is 1. The molecule has 4 nitrogen and oxygen atoms in total. The fourth-order valence-corrected chi connectivity index (χ4v) is 1.53. The van der Waals surface area contributed by atoms with Crippen LogP contribution in [0.25, 0.3) is 0 Å². The summed E-state index contributed by atoms with van der Waals surface area (Å²) in [6, 6.07) is 7.03. The van der Waals surface area contributed by atoms with Crippen LogP contribution in [0.3, 0.4) is 0 Å². The van der Waals surface area contributed by atoms with Crippen LogP contribution in [0.15, 0.2) is 36.4 Å². The molecule has 0 saturated carbocycles. The third-order valence-corrected chi connectivity index (χ3v) is 2.50. The molecule has 6 heteroatoms. The first kappa shape index (κ1) is 12.8. The highest BCUT2D eigenvalue weighted by molar-refractivity contribution is 5.91. The predicted octanol–water partition coefficient (Wildman–Crippen LogP) is 2.99. The Hall–Kier alpha value is -2.63. The molecule has 0 aliphatic carbocycles. The Kier molecular flexibility index (Phi) is 3.33. The summed E-state index contributed by atoms with van der Waals surface area (Å²) in [7, 11) is 0. The van der Waals surface area contributed by atoms with Gasteiger partial charge >= 0.3 is 5.97 Å². The van der Waals surface area contributed by atoms with Crippen LogP contribution in [-0.2, 0) is 0 Å². The minimum Gasteiger partial charge on any atom is -0.478 e. The van der Waals surface area contributed by atoms with Crippen LogP contribution in [0.5, 0.6) is 0 Å². The zero-order chi connectivity index (χ0) is 14.0. The lowest BCUT2D eigenvalue weighted by Gasteiger charge is -2.11. The van der Waals surface area contributed by atoms with E-state index in [9.17, 15) is 13.6 Å². The summed E-state index contributed by atoms with van der Waals surface area (Å²) in [4.78, 5) is 10.8. The van der Waals surface area contributed by atoms with Gasteiger partial charge in [0.25, 0.3) is 0 Å². The maximum atomic E-state index is 13.5. The normalized spacial score (nSPS) is 10.2. The Morgan fingerprint density at radius 3 is 2.47 bits per heavy atom. The zero-order valence-corrected chi connectivity index (χ0v) is 9.65. The van der Waals surface area contributed by atoms with Gasteiger partial charge in [-0.1, -0.05) is 0 Å². The maximum Gasteiger partial charge on any atom is 0.335 e. The molecule has 0 aliphatic heterocycles. The van der Waals surface area contributed by atoms with Crippen molar-refractivity contribution in [3.8, 4) is 0 Å². The van der Waals surface area contributed by atoms with E-state index in [2.05, 4.69) is 5.32 Å². The summed E-state index contributed by atoms with van der Waals surface area (Å²) >= 11 is 0. The Balaban J connectivity index is 2.37. The van der Waals surface area contributed by atoms with Crippen molar-refractivity contribution in [1.29, 1.82) is 0 Å². The highest BCUT2D eigenvalue weighted by Crippen LogP contribution is 2.26. The van der Waals surface area contributed by atoms with Gasteiger partial charge in [-0.25, -0.2) is 13.6 Å². The van der Waals surface area contributed by atoms with Crippen molar-refractivity contribution in [2.24, 2.45) is 0 Å². The summed E-state index contributed by atoms with van der Waals surface area (Å²) in [6.07, 6.45) is 0. The number of nitrogens with one attached hydrogen (secondary N) is 1. The molecule has 0 amide bonds. The molecule has 0 aromatic heterocycles. The van der Waals surface area contributed by atoms with Gasteiger partial charge in [-0.15, -0.1) is 0 Å². The second-order valence-electron chi connectivity index (χ2n) is 3.86. The van der Waals surface area contributed by atoms with E-state index in [1.807, 2.05) is 0 Å². The number of carbonyl (C=O) groups is 1. The Labute approximate surface area is 107 Å². The van der Waals surface area contributed by atoms with Crippen molar-refractivity contribution in [2.45, 2.75) is 0 Å². The van der Waals surface area contributed by atoms with Gasteiger partial charge in [0.2, 0.25) is 0 Å². The summed E-state index contributed by atoms with van der Waals surface area (Å²) in [5.41, 5.74) is 6.19. The topological polar surface area (TPSA) is 75.4 Å². The summed E-state index contributed by atoms with van der Waals surface area (Å²) in [5, 5.41) is 11.5. The Bertz CT molecular complexity index is 645. The van der Waals surface area contributed by atoms with Crippen molar-refractivity contribution in [3.63, 3.8) is 0 Å². The standard InChI is InChI=1S/C13H10F2N2O2/c14-8-2-4-11(9(15)6-8)17-12-5-7(13(18)19)1-3-10(12)16/h1-6,17H,16H2,(H,18,19). The number of halogens is 2. The average Bonchev–Trinajstić information content (AvgIpc) is 2.34. The SMILES string of the molecule is Nc1ccc(C(=O)O)cc1Nc1ccc(F)cc1F. The van der Waals surface area contributed by atoms with E-state index < -0.39 is 17.6 Å². The first-order valence-electron chi connectivity index (χ1n) is 5.32.